The molecule has 0 aliphatic rings. The van der Waals surface area contributed by atoms with Crippen molar-refractivity contribution < 1.29 is 0 Å². The van der Waals surface area contributed by atoms with Crippen LogP contribution in [0, 0.1) is 11.8 Å². The number of hydrogen-bond acceptors (Lipinski definition) is 0. The van der Waals surface area contributed by atoms with Gasteiger partial charge in [-0.05, 0) is 31.6 Å². The molecule has 0 aliphatic heterocycles. The third-order valence-corrected chi connectivity index (χ3v) is 2.18. The van der Waals surface area contributed by atoms with Crippen LogP contribution in [0.5, 0.6) is 0 Å². The molecule has 0 saturated carbocycles. The van der Waals surface area contributed by atoms with Gasteiger partial charge >= 0.3 is 0 Å². The first-order valence-corrected chi connectivity index (χ1v) is 4.89. The van der Waals surface area contributed by atoms with Gasteiger partial charge in [0.2, 0.25) is 0 Å². The van der Waals surface area contributed by atoms with Crippen LogP contribution in [0.15, 0.2) is 24.3 Å². The molecular weight excluding hydrogens is 144 g/mol. The molecule has 0 rings (SSSR count). The molecule has 12 heavy (non-hydrogen) atoms. The van der Waals surface area contributed by atoms with E-state index in [1.807, 2.05) is 0 Å². The maximum atomic E-state index is 3.87. The highest BCUT2D eigenvalue weighted by molar-refractivity contribution is 5.00. The van der Waals surface area contributed by atoms with Crippen LogP contribution in [0.2, 0.25) is 0 Å². The molecule has 0 aromatic carbocycles. The second-order valence-electron chi connectivity index (χ2n) is 3.91. The second-order valence-corrected chi connectivity index (χ2v) is 3.91. The van der Waals surface area contributed by atoms with Gasteiger partial charge in [0, 0.05) is 0 Å². The van der Waals surface area contributed by atoms with Gasteiger partial charge in [0.1, 0.15) is 0 Å². The number of rotatable bonds is 5. The highest BCUT2D eigenvalue weighted by Gasteiger charge is 2.05. The smallest absolute Gasteiger partial charge is 0.0144 e. The Morgan fingerprint density at radius 2 is 2.00 bits per heavy atom. The Hall–Kier alpha value is -0.520. The third-order valence-electron chi connectivity index (χ3n) is 2.18. The van der Waals surface area contributed by atoms with E-state index in [4.69, 9.17) is 0 Å². The minimum atomic E-state index is 0.740. The Morgan fingerprint density at radius 1 is 1.42 bits per heavy atom. The van der Waals surface area contributed by atoms with Gasteiger partial charge < -0.3 is 0 Å². The summed E-state index contributed by atoms with van der Waals surface area (Å²) < 4.78 is 0. The molecule has 0 fully saturated rings. The Morgan fingerprint density at radius 3 is 2.33 bits per heavy atom. The lowest BCUT2D eigenvalue weighted by Crippen LogP contribution is -2.03. The topological polar surface area (TPSA) is 0 Å². The molecule has 1 unspecified atom stereocenters. The van der Waals surface area contributed by atoms with E-state index < -0.39 is 0 Å². The quantitative estimate of drug-likeness (QED) is 0.537. The van der Waals surface area contributed by atoms with Crippen LogP contribution in [0.3, 0.4) is 0 Å². The summed E-state index contributed by atoms with van der Waals surface area (Å²) in [4.78, 5) is 0. The minimum Gasteiger partial charge on any atom is -0.0998 e. The summed E-state index contributed by atoms with van der Waals surface area (Å²) in [7, 11) is 0. The lowest BCUT2D eigenvalue weighted by atomic mass is 9.92. The van der Waals surface area contributed by atoms with E-state index in [1.165, 1.54) is 12.0 Å². The van der Waals surface area contributed by atoms with Gasteiger partial charge in [-0.3, -0.25) is 0 Å². The van der Waals surface area contributed by atoms with Crippen molar-refractivity contribution in [3.8, 4) is 0 Å². The van der Waals surface area contributed by atoms with Crippen molar-refractivity contribution >= 4 is 0 Å². The average Bonchev–Trinajstić information content (AvgIpc) is 1.96. The Balaban J connectivity index is 3.84. The molecule has 0 N–H and O–H groups in total. The largest absolute Gasteiger partial charge is 0.0998 e. The van der Waals surface area contributed by atoms with Crippen LogP contribution in [0.25, 0.3) is 0 Å². The molecule has 70 valence electrons. The van der Waals surface area contributed by atoms with Crippen LogP contribution in [-0.4, -0.2) is 0 Å². The number of allylic oxidation sites excluding steroid dienone is 3. The summed E-state index contributed by atoms with van der Waals surface area (Å²) in [6.45, 7) is 12.7. The summed E-state index contributed by atoms with van der Waals surface area (Å²) in [5.74, 6) is 1.50. The predicted molar refractivity (Wildman–Crippen MR) is 57.2 cm³/mol. The maximum absolute atomic E-state index is 3.87. The molecule has 0 bridgehead atoms. The number of hydrogen-bond donors (Lipinski definition) is 0. The Kier molecular flexibility index (Phi) is 5.79. The first-order chi connectivity index (χ1) is 5.57. The lowest BCUT2D eigenvalue weighted by molar-refractivity contribution is 0.452. The normalized spacial score (nSPS) is 14.1. The molecule has 0 radical (unpaired) electrons. The minimum absolute atomic E-state index is 0.740. The molecule has 0 aliphatic carbocycles. The van der Waals surface area contributed by atoms with Crippen molar-refractivity contribution in [3.63, 3.8) is 0 Å². The van der Waals surface area contributed by atoms with Gasteiger partial charge in [0.15, 0.2) is 0 Å². The van der Waals surface area contributed by atoms with E-state index in [1.54, 1.807) is 0 Å². The SMILES string of the molecule is C=C(C)CC=CC(CC)C(C)C. The average molecular weight is 166 g/mol. The van der Waals surface area contributed by atoms with Gasteiger partial charge in [-0.25, -0.2) is 0 Å². The van der Waals surface area contributed by atoms with Gasteiger partial charge in [-0.2, -0.15) is 0 Å². The van der Waals surface area contributed by atoms with Crippen LogP contribution in [0.4, 0.5) is 0 Å². The standard InChI is InChI=1S/C12H22/c1-6-12(11(4)5)9-7-8-10(2)3/h7,9,11-12H,2,6,8H2,1,3-5H3. The van der Waals surface area contributed by atoms with Gasteiger partial charge in [-0.15, -0.1) is 0 Å². The molecule has 0 heteroatoms. The monoisotopic (exact) mass is 166 g/mol. The lowest BCUT2D eigenvalue weighted by Gasteiger charge is -2.13. The Labute approximate surface area is 77.4 Å². The van der Waals surface area contributed by atoms with Crippen LogP contribution >= 0.6 is 0 Å². The highest BCUT2D eigenvalue weighted by atomic mass is 14.1. The van der Waals surface area contributed by atoms with Crippen molar-refractivity contribution in [1.29, 1.82) is 0 Å². The zero-order valence-corrected chi connectivity index (χ0v) is 8.93. The molecular formula is C12H22. The van der Waals surface area contributed by atoms with E-state index in [0.29, 0.717) is 0 Å². The molecule has 0 heterocycles. The van der Waals surface area contributed by atoms with Crippen molar-refractivity contribution in [1.82, 2.24) is 0 Å². The molecule has 0 saturated heterocycles. The maximum Gasteiger partial charge on any atom is -0.0144 e. The predicted octanol–water partition coefficient (Wildman–Crippen LogP) is 4.19. The Bertz CT molecular complexity index is 151. The van der Waals surface area contributed by atoms with Crippen LogP contribution < -0.4 is 0 Å². The van der Waals surface area contributed by atoms with Crippen molar-refractivity contribution in [2.75, 3.05) is 0 Å². The van der Waals surface area contributed by atoms with Gasteiger partial charge in [-0.1, -0.05) is 45.1 Å². The fourth-order valence-corrected chi connectivity index (χ4v) is 1.27. The first kappa shape index (κ1) is 11.5. The molecule has 0 aromatic heterocycles. The molecule has 1 atom stereocenters. The van der Waals surface area contributed by atoms with E-state index in [-0.39, 0.29) is 0 Å². The van der Waals surface area contributed by atoms with Crippen molar-refractivity contribution in [3.05, 3.63) is 24.3 Å². The fraction of sp³-hybridized carbons (Fsp3) is 0.667. The summed E-state index contributed by atoms with van der Waals surface area (Å²) in [5, 5.41) is 0. The molecule has 0 aromatic rings. The summed E-state index contributed by atoms with van der Waals surface area (Å²) in [6, 6.07) is 0. The molecule has 0 amide bonds. The fourth-order valence-electron chi connectivity index (χ4n) is 1.27. The zero-order valence-electron chi connectivity index (χ0n) is 8.93. The van der Waals surface area contributed by atoms with Crippen LogP contribution in [-0.2, 0) is 0 Å². The van der Waals surface area contributed by atoms with E-state index in [9.17, 15) is 0 Å². The second kappa shape index (κ2) is 6.05. The van der Waals surface area contributed by atoms with E-state index in [2.05, 4.69) is 46.4 Å². The molecule has 0 spiro atoms. The highest BCUT2D eigenvalue weighted by Crippen LogP contribution is 2.16. The van der Waals surface area contributed by atoms with Gasteiger partial charge in [0.25, 0.3) is 0 Å². The van der Waals surface area contributed by atoms with Crippen molar-refractivity contribution in [2.24, 2.45) is 11.8 Å². The molecule has 0 nitrogen and oxygen atoms in total. The summed E-state index contributed by atoms with van der Waals surface area (Å²) >= 11 is 0. The van der Waals surface area contributed by atoms with Gasteiger partial charge in [0.05, 0.1) is 0 Å². The first-order valence-electron chi connectivity index (χ1n) is 4.89. The summed E-state index contributed by atoms with van der Waals surface area (Å²) in [5.41, 5.74) is 1.24. The zero-order chi connectivity index (χ0) is 9.56. The third kappa shape index (κ3) is 5.17. The van der Waals surface area contributed by atoms with E-state index >= 15 is 0 Å². The van der Waals surface area contributed by atoms with E-state index in [0.717, 1.165) is 18.3 Å². The van der Waals surface area contributed by atoms with Crippen LogP contribution in [0.1, 0.15) is 40.5 Å². The summed E-state index contributed by atoms with van der Waals surface area (Å²) in [6.07, 6.45) is 6.85. The van der Waals surface area contributed by atoms with Crippen molar-refractivity contribution in [2.45, 2.75) is 40.5 Å².